The van der Waals surface area contributed by atoms with Gasteiger partial charge in [-0.25, -0.2) is 4.98 Å². The lowest BCUT2D eigenvalue weighted by molar-refractivity contribution is 1.04. The van der Waals surface area contributed by atoms with Crippen LogP contribution in [0.1, 0.15) is 5.69 Å². The molecular weight excluding hydrogens is 234 g/mol. The monoisotopic (exact) mass is 247 g/mol. The second-order valence-electron chi connectivity index (χ2n) is 3.73. The molecule has 0 saturated carbocycles. The number of aromatic nitrogens is 2. The lowest BCUT2D eigenvalue weighted by Crippen LogP contribution is -2.05. The van der Waals surface area contributed by atoms with Crippen LogP contribution >= 0.6 is 11.6 Å². The molecule has 1 aromatic carbocycles. The van der Waals surface area contributed by atoms with E-state index in [1.54, 1.807) is 6.08 Å². The summed E-state index contributed by atoms with van der Waals surface area (Å²) >= 11 is 5.99. The van der Waals surface area contributed by atoms with E-state index in [0.29, 0.717) is 11.6 Å². The lowest BCUT2D eigenvalue weighted by Gasteiger charge is -2.08. The molecule has 0 aliphatic rings. The van der Waals surface area contributed by atoms with Crippen molar-refractivity contribution in [1.29, 1.82) is 0 Å². The highest BCUT2D eigenvalue weighted by atomic mass is 35.5. The normalized spacial score (nSPS) is 10.2. The average molecular weight is 248 g/mol. The molecule has 2 aromatic rings. The van der Waals surface area contributed by atoms with Crippen LogP contribution in [-0.4, -0.2) is 16.1 Å². The summed E-state index contributed by atoms with van der Waals surface area (Å²) < 4.78 is 1.98. The van der Waals surface area contributed by atoms with Crippen LogP contribution in [0.5, 0.6) is 0 Å². The quantitative estimate of drug-likeness (QED) is 0.839. The van der Waals surface area contributed by atoms with Crippen molar-refractivity contribution < 1.29 is 0 Å². The molecule has 0 unspecified atom stereocenters. The molecule has 0 atom stereocenters. The molecule has 88 valence electrons. The van der Waals surface area contributed by atoms with Gasteiger partial charge in [-0.3, -0.25) is 4.57 Å². The van der Waals surface area contributed by atoms with Gasteiger partial charge in [0.15, 0.2) is 0 Å². The predicted molar refractivity (Wildman–Crippen MR) is 72.0 cm³/mol. The summed E-state index contributed by atoms with van der Waals surface area (Å²) in [5.74, 6) is 0.796. The summed E-state index contributed by atoms with van der Waals surface area (Å²) in [7, 11) is 0. The van der Waals surface area contributed by atoms with Gasteiger partial charge >= 0.3 is 0 Å². The zero-order valence-corrected chi connectivity index (χ0v) is 10.4. The Morgan fingerprint density at radius 1 is 1.53 bits per heavy atom. The number of rotatable bonds is 4. The van der Waals surface area contributed by atoms with Gasteiger partial charge in [0.2, 0.25) is 5.95 Å². The molecular formula is C13H14ClN3. The molecule has 0 aliphatic carbocycles. The van der Waals surface area contributed by atoms with E-state index in [1.807, 2.05) is 42.0 Å². The van der Waals surface area contributed by atoms with Gasteiger partial charge in [0.1, 0.15) is 0 Å². The number of benzene rings is 1. The summed E-state index contributed by atoms with van der Waals surface area (Å²) in [5, 5.41) is 3.90. The molecule has 0 fully saturated rings. The first-order valence-electron chi connectivity index (χ1n) is 5.37. The van der Waals surface area contributed by atoms with Gasteiger partial charge in [0.05, 0.1) is 5.69 Å². The van der Waals surface area contributed by atoms with E-state index in [-0.39, 0.29) is 0 Å². The van der Waals surface area contributed by atoms with Gasteiger partial charge in [-0.2, -0.15) is 0 Å². The van der Waals surface area contributed by atoms with E-state index >= 15 is 0 Å². The van der Waals surface area contributed by atoms with Gasteiger partial charge in [0, 0.05) is 23.5 Å². The zero-order chi connectivity index (χ0) is 12.3. The van der Waals surface area contributed by atoms with Gasteiger partial charge < -0.3 is 5.32 Å². The van der Waals surface area contributed by atoms with Crippen LogP contribution in [0.2, 0.25) is 5.02 Å². The second kappa shape index (κ2) is 5.06. The van der Waals surface area contributed by atoms with Crippen molar-refractivity contribution in [3.63, 3.8) is 0 Å². The van der Waals surface area contributed by atoms with Crippen molar-refractivity contribution in [1.82, 2.24) is 9.55 Å². The first-order chi connectivity index (χ1) is 8.20. The predicted octanol–water partition coefficient (Wildman–Crippen LogP) is 3.43. The van der Waals surface area contributed by atoms with Crippen LogP contribution < -0.4 is 5.32 Å². The van der Waals surface area contributed by atoms with Crippen LogP contribution in [0.3, 0.4) is 0 Å². The smallest absolute Gasteiger partial charge is 0.207 e. The summed E-state index contributed by atoms with van der Waals surface area (Å²) in [6.07, 6.45) is 3.77. The highest BCUT2D eigenvalue weighted by molar-refractivity contribution is 6.30. The Balaban J connectivity index is 2.40. The summed E-state index contributed by atoms with van der Waals surface area (Å²) in [4.78, 5) is 4.42. The highest BCUT2D eigenvalue weighted by Crippen LogP contribution is 2.19. The number of aryl methyl sites for hydroxylation is 1. The molecule has 0 spiro atoms. The molecule has 0 aliphatic heterocycles. The third-order valence-corrected chi connectivity index (χ3v) is 2.55. The van der Waals surface area contributed by atoms with Crippen LogP contribution in [0.4, 0.5) is 5.95 Å². The van der Waals surface area contributed by atoms with Gasteiger partial charge in [-0.15, -0.1) is 6.58 Å². The minimum atomic E-state index is 0.678. The lowest BCUT2D eigenvalue weighted by atomic mass is 10.3. The standard InChI is InChI=1S/C13H14ClN3/c1-3-7-15-13-16-10(2)9-17(13)12-6-4-5-11(14)8-12/h3-6,8-9H,1,7H2,2H3,(H,15,16). The number of hydrogen-bond acceptors (Lipinski definition) is 2. The number of nitrogens with zero attached hydrogens (tertiary/aromatic N) is 2. The maximum atomic E-state index is 5.99. The van der Waals surface area contributed by atoms with Gasteiger partial charge in [0.25, 0.3) is 0 Å². The molecule has 1 heterocycles. The number of imidazole rings is 1. The fourth-order valence-electron chi connectivity index (χ4n) is 1.61. The summed E-state index contributed by atoms with van der Waals surface area (Å²) in [6.45, 7) is 6.31. The molecule has 3 nitrogen and oxygen atoms in total. The molecule has 17 heavy (non-hydrogen) atoms. The van der Waals surface area contributed by atoms with Crippen molar-refractivity contribution in [3.8, 4) is 5.69 Å². The topological polar surface area (TPSA) is 29.9 Å². The van der Waals surface area contributed by atoms with E-state index < -0.39 is 0 Å². The van der Waals surface area contributed by atoms with E-state index in [1.165, 1.54) is 0 Å². The Morgan fingerprint density at radius 3 is 3.06 bits per heavy atom. The number of hydrogen-bond donors (Lipinski definition) is 1. The SMILES string of the molecule is C=CCNc1nc(C)cn1-c1cccc(Cl)c1. The molecule has 4 heteroatoms. The first-order valence-corrected chi connectivity index (χ1v) is 5.75. The van der Waals surface area contributed by atoms with Crippen LogP contribution in [0, 0.1) is 6.92 Å². The molecule has 0 saturated heterocycles. The Kier molecular flexibility index (Phi) is 3.49. The largest absolute Gasteiger partial charge is 0.352 e. The number of nitrogens with one attached hydrogen (secondary N) is 1. The average Bonchev–Trinajstić information content (AvgIpc) is 2.68. The minimum Gasteiger partial charge on any atom is -0.352 e. The van der Waals surface area contributed by atoms with Gasteiger partial charge in [-0.1, -0.05) is 23.7 Å². The van der Waals surface area contributed by atoms with Crippen molar-refractivity contribution in [2.45, 2.75) is 6.92 Å². The van der Waals surface area contributed by atoms with Crippen molar-refractivity contribution in [3.05, 3.63) is 53.8 Å². The van der Waals surface area contributed by atoms with Crippen molar-refractivity contribution >= 4 is 17.5 Å². The number of anilines is 1. The second-order valence-corrected chi connectivity index (χ2v) is 4.16. The third kappa shape index (κ3) is 2.68. The maximum absolute atomic E-state index is 5.99. The Bertz CT molecular complexity index is 531. The Hall–Kier alpha value is -1.74. The van der Waals surface area contributed by atoms with Crippen LogP contribution in [-0.2, 0) is 0 Å². The van der Waals surface area contributed by atoms with Crippen LogP contribution in [0.25, 0.3) is 5.69 Å². The van der Waals surface area contributed by atoms with E-state index in [0.717, 1.165) is 17.3 Å². The highest BCUT2D eigenvalue weighted by Gasteiger charge is 2.06. The summed E-state index contributed by atoms with van der Waals surface area (Å²) in [5.41, 5.74) is 1.95. The molecule has 0 radical (unpaired) electrons. The Morgan fingerprint density at radius 2 is 2.35 bits per heavy atom. The van der Waals surface area contributed by atoms with E-state index in [4.69, 9.17) is 11.6 Å². The van der Waals surface area contributed by atoms with E-state index in [9.17, 15) is 0 Å². The third-order valence-electron chi connectivity index (χ3n) is 2.32. The first kappa shape index (κ1) is 11.7. The minimum absolute atomic E-state index is 0.678. The zero-order valence-electron chi connectivity index (χ0n) is 9.65. The molecule has 1 N–H and O–H groups in total. The summed E-state index contributed by atoms with van der Waals surface area (Å²) in [6, 6.07) is 7.67. The maximum Gasteiger partial charge on any atom is 0.207 e. The fraction of sp³-hybridized carbons (Fsp3) is 0.154. The fourth-order valence-corrected chi connectivity index (χ4v) is 1.79. The molecule has 1 aromatic heterocycles. The molecule has 0 bridgehead atoms. The van der Waals surface area contributed by atoms with Crippen molar-refractivity contribution in [2.24, 2.45) is 0 Å². The van der Waals surface area contributed by atoms with Gasteiger partial charge in [-0.05, 0) is 25.1 Å². The molecule has 0 amide bonds. The van der Waals surface area contributed by atoms with E-state index in [2.05, 4.69) is 16.9 Å². The molecule has 2 rings (SSSR count). The van der Waals surface area contributed by atoms with Crippen LogP contribution in [0.15, 0.2) is 43.1 Å². The Labute approximate surface area is 106 Å². The number of halogens is 1. The van der Waals surface area contributed by atoms with Crippen molar-refractivity contribution in [2.75, 3.05) is 11.9 Å².